The zero-order valence-corrected chi connectivity index (χ0v) is 19.0. The van der Waals surface area contributed by atoms with Gasteiger partial charge in [-0.15, -0.1) is 0 Å². The second kappa shape index (κ2) is 12.3. The second-order valence-electron chi connectivity index (χ2n) is 9.77. The first kappa shape index (κ1) is 24.6. The van der Waals surface area contributed by atoms with Crippen molar-refractivity contribution in [3.05, 3.63) is 59.7 Å². The number of rotatable bonds is 8. The van der Waals surface area contributed by atoms with Gasteiger partial charge in [0, 0.05) is 6.08 Å². The Morgan fingerprint density at radius 2 is 1.47 bits per heavy atom. The van der Waals surface area contributed by atoms with E-state index in [-0.39, 0.29) is 0 Å². The van der Waals surface area contributed by atoms with Crippen molar-refractivity contribution < 1.29 is 13.2 Å². The van der Waals surface area contributed by atoms with Crippen LogP contribution >= 0.6 is 0 Å². The molecule has 0 aliphatic heterocycles. The highest BCUT2D eigenvalue weighted by molar-refractivity contribution is 5.24. The summed E-state index contributed by atoms with van der Waals surface area (Å²) < 4.78 is 38.0. The van der Waals surface area contributed by atoms with E-state index in [9.17, 15) is 13.2 Å². The quantitative estimate of drug-likeness (QED) is 0.224. The minimum atomic E-state index is -4.25. The lowest BCUT2D eigenvalue weighted by molar-refractivity contribution is -0.137. The SMILES string of the molecule is N#C/C=C/C=C/C1CCC([C@H]2CC[C@H](CCCCc3ccc(C(F)(F)F)cc3)CC2)CC1. The molecule has 32 heavy (non-hydrogen) atoms. The number of nitriles is 1. The molecule has 0 bridgehead atoms. The number of benzene rings is 1. The molecule has 0 unspecified atom stereocenters. The van der Waals surface area contributed by atoms with Gasteiger partial charge in [-0.3, -0.25) is 0 Å². The topological polar surface area (TPSA) is 23.8 Å². The van der Waals surface area contributed by atoms with E-state index in [2.05, 4.69) is 6.08 Å². The van der Waals surface area contributed by atoms with Crippen LogP contribution in [0.4, 0.5) is 13.2 Å². The fourth-order valence-electron chi connectivity index (χ4n) is 5.70. The van der Waals surface area contributed by atoms with Gasteiger partial charge >= 0.3 is 6.18 Å². The number of allylic oxidation sites excluding steroid dienone is 4. The van der Waals surface area contributed by atoms with Crippen molar-refractivity contribution in [1.29, 1.82) is 5.26 Å². The third kappa shape index (κ3) is 7.84. The first-order valence-electron chi connectivity index (χ1n) is 12.3. The molecule has 0 spiro atoms. The number of alkyl halides is 3. The predicted octanol–water partition coefficient (Wildman–Crippen LogP) is 8.67. The molecular weight excluding hydrogens is 407 g/mol. The summed E-state index contributed by atoms with van der Waals surface area (Å²) in [6, 6.07) is 7.68. The summed E-state index contributed by atoms with van der Waals surface area (Å²) in [5, 5.41) is 8.54. The Labute approximate surface area is 191 Å². The van der Waals surface area contributed by atoms with Crippen molar-refractivity contribution in [2.24, 2.45) is 23.7 Å². The molecule has 2 saturated carbocycles. The number of nitrogens with zero attached hydrogens (tertiary/aromatic N) is 1. The van der Waals surface area contributed by atoms with Crippen LogP contribution in [0.3, 0.4) is 0 Å². The van der Waals surface area contributed by atoms with Gasteiger partial charge in [0.15, 0.2) is 0 Å². The lowest BCUT2D eigenvalue weighted by atomic mass is 9.68. The van der Waals surface area contributed by atoms with Crippen molar-refractivity contribution in [2.45, 2.75) is 83.2 Å². The number of aryl methyl sites for hydroxylation is 1. The predicted molar refractivity (Wildman–Crippen MR) is 124 cm³/mol. The van der Waals surface area contributed by atoms with Crippen LogP contribution in [0, 0.1) is 35.0 Å². The van der Waals surface area contributed by atoms with Crippen molar-refractivity contribution in [3.8, 4) is 6.07 Å². The van der Waals surface area contributed by atoms with Crippen LogP contribution in [0.25, 0.3) is 0 Å². The van der Waals surface area contributed by atoms with E-state index < -0.39 is 11.7 Å². The molecule has 3 rings (SSSR count). The smallest absolute Gasteiger partial charge is 0.193 e. The maximum absolute atomic E-state index is 12.7. The second-order valence-corrected chi connectivity index (χ2v) is 9.77. The highest BCUT2D eigenvalue weighted by Crippen LogP contribution is 2.42. The maximum atomic E-state index is 12.7. The van der Waals surface area contributed by atoms with Gasteiger partial charge in [-0.2, -0.15) is 18.4 Å². The molecule has 0 N–H and O–H groups in total. The third-order valence-electron chi connectivity index (χ3n) is 7.65. The summed E-state index contributed by atoms with van der Waals surface area (Å²) in [4.78, 5) is 0. The average molecular weight is 444 g/mol. The first-order valence-corrected chi connectivity index (χ1v) is 12.3. The number of halogens is 3. The van der Waals surface area contributed by atoms with Gasteiger partial charge in [0.1, 0.15) is 0 Å². The molecule has 1 aromatic rings. The molecule has 0 aromatic heterocycles. The molecule has 0 radical (unpaired) electrons. The highest BCUT2D eigenvalue weighted by atomic mass is 19.4. The number of hydrogen-bond acceptors (Lipinski definition) is 1. The molecule has 174 valence electrons. The van der Waals surface area contributed by atoms with Crippen LogP contribution in [-0.4, -0.2) is 0 Å². The summed E-state index contributed by atoms with van der Waals surface area (Å²) in [6.07, 6.45) is 18.5. The van der Waals surface area contributed by atoms with Gasteiger partial charge in [-0.05, 0) is 92.7 Å². The molecule has 2 aliphatic rings. The lowest BCUT2D eigenvalue weighted by Crippen LogP contribution is -2.25. The van der Waals surface area contributed by atoms with E-state index in [1.54, 1.807) is 12.1 Å². The molecule has 2 aliphatic carbocycles. The van der Waals surface area contributed by atoms with Gasteiger partial charge in [0.05, 0.1) is 11.6 Å². The van der Waals surface area contributed by atoms with Gasteiger partial charge in [-0.25, -0.2) is 0 Å². The highest BCUT2D eigenvalue weighted by Gasteiger charge is 2.31. The normalized spacial score (nSPS) is 27.1. The van der Waals surface area contributed by atoms with E-state index >= 15 is 0 Å². The zero-order valence-electron chi connectivity index (χ0n) is 19.0. The van der Waals surface area contributed by atoms with Crippen LogP contribution in [0.5, 0.6) is 0 Å². The van der Waals surface area contributed by atoms with Crippen molar-refractivity contribution in [3.63, 3.8) is 0 Å². The standard InChI is InChI=1S/C28H36F3N/c29-28(30,31)27-19-13-24(14-20-27)8-4-3-7-23-11-17-26(18-12-23)25-15-9-22(10-16-25)6-2-1-5-21-32/h1-2,5-6,13-14,19-20,22-23,25-26H,3-4,7-12,15-18H2/b5-1+,6-2+/t22?,23-,25?,26-. The van der Waals surface area contributed by atoms with E-state index in [0.717, 1.165) is 36.2 Å². The summed E-state index contributed by atoms with van der Waals surface area (Å²) in [5.41, 5.74) is 0.448. The monoisotopic (exact) mass is 443 g/mol. The van der Waals surface area contributed by atoms with E-state index in [1.807, 2.05) is 18.2 Å². The Kier molecular flexibility index (Phi) is 9.45. The Morgan fingerprint density at radius 1 is 0.844 bits per heavy atom. The molecule has 2 fully saturated rings. The average Bonchev–Trinajstić information content (AvgIpc) is 2.80. The fraction of sp³-hybridized carbons (Fsp3) is 0.607. The summed E-state index contributed by atoms with van der Waals surface area (Å²) in [6.45, 7) is 0. The number of hydrogen-bond donors (Lipinski definition) is 0. The molecular formula is C28H36F3N. The van der Waals surface area contributed by atoms with Gasteiger partial charge in [-0.1, -0.05) is 56.0 Å². The van der Waals surface area contributed by atoms with Gasteiger partial charge < -0.3 is 0 Å². The maximum Gasteiger partial charge on any atom is 0.416 e. The molecule has 1 aromatic carbocycles. The minimum absolute atomic E-state index is 0.560. The fourth-order valence-corrected chi connectivity index (χ4v) is 5.70. The first-order chi connectivity index (χ1) is 15.5. The molecule has 1 nitrogen and oxygen atoms in total. The molecule has 0 amide bonds. The van der Waals surface area contributed by atoms with Crippen molar-refractivity contribution in [1.82, 2.24) is 0 Å². The van der Waals surface area contributed by atoms with Crippen LogP contribution in [0.15, 0.2) is 48.6 Å². The Morgan fingerprint density at radius 3 is 2.06 bits per heavy atom. The molecule has 0 heterocycles. The van der Waals surface area contributed by atoms with Crippen LogP contribution < -0.4 is 0 Å². The number of unbranched alkanes of at least 4 members (excludes halogenated alkanes) is 1. The Balaban J connectivity index is 1.28. The molecule has 4 heteroatoms. The van der Waals surface area contributed by atoms with Crippen LogP contribution in [0.2, 0.25) is 0 Å². The van der Waals surface area contributed by atoms with Gasteiger partial charge in [0.2, 0.25) is 0 Å². The summed E-state index contributed by atoms with van der Waals surface area (Å²) in [5.74, 6) is 3.32. The largest absolute Gasteiger partial charge is 0.416 e. The van der Waals surface area contributed by atoms with Crippen LogP contribution in [0.1, 0.15) is 81.8 Å². The van der Waals surface area contributed by atoms with Crippen molar-refractivity contribution in [2.75, 3.05) is 0 Å². The van der Waals surface area contributed by atoms with Gasteiger partial charge in [0.25, 0.3) is 0 Å². The molecule has 0 saturated heterocycles. The summed E-state index contributed by atoms with van der Waals surface area (Å²) >= 11 is 0. The van der Waals surface area contributed by atoms with E-state index in [0.29, 0.717) is 5.92 Å². The molecule has 0 atom stereocenters. The minimum Gasteiger partial charge on any atom is -0.193 e. The summed E-state index contributed by atoms with van der Waals surface area (Å²) in [7, 11) is 0. The Bertz CT molecular complexity index is 768. The van der Waals surface area contributed by atoms with E-state index in [1.165, 1.54) is 82.4 Å². The Hall–Kier alpha value is -2.02. The lowest BCUT2D eigenvalue weighted by Gasteiger charge is -2.37. The third-order valence-corrected chi connectivity index (χ3v) is 7.65. The zero-order chi connectivity index (χ0) is 22.8. The van der Waals surface area contributed by atoms with Crippen LogP contribution in [-0.2, 0) is 12.6 Å². The van der Waals surface area contributed by atoms with E-state index in [4.69, 9.17) is 5.26 Å². The van der Waals surface area contributed by atoms with Crippen molar-refractivity contribution >= 4 is 0 Å².